The van der Waals surface area contributed by atoms with Gasteiger partial charge < -0.3 is 0 Å². The molecule has 2 N–H and O–H groups in total. The Kier molecular flexibility index (Phi) is 35.1. The van der Waals surface area contributed by atoms with Crippen molar-refractivity contribution in [1.82, 2.24) is 10.6 Å². The van der Waals surface area contributed by atoms with Gasteiger partial charge in [-0.1, -0.05) is 91.9 Å². The molecule has 0 rings (SSSR count). The number of hydrogen-bond donors (Lipinski definition) is 2. The van der Waals surface area contributed by atoms with Crippen LogP contribution < -0.4 is 10.6 Å². The van der Waals surface area contributed by atoms with Crippen LogP contribution in [0.5, 0.6) is 0 Å². The van der Waals surface area contributed by atoms with Crippen molar-refractivity contribution in [2.75, 3.05) is 14.1 Å². The van der Waals surface area contributed by atoms with E-state index in [1.54, 1.807) is 0 Å². The first kappa shape index (κ1) is 25.3. The minimum atomic E-state index is 1.03. The number of unbranched alkanes of at least 4 members (excludes halogenated alkanes) is 8. The van der Waals surface area contributed by atoms with Crippen LogP contribution in [0.2, 0.25) is 0 Å². The second kappa shape index (κ2) is 27.7. The Labute approximate surface area is 138 Å². The Hall–Kier alpha value is 0.374. The van der Waals surface area contributed by atoms with Crippen molar-refractivity contribution in [3.8, 4) is 0 Å². The molecule has 20 heavy (non-hydrogen) atoms. The Bertz CT molecular complexity index is 137. The van der Waals surface area contributed by atoms with Gasteiger partial charge >= 0.3 is 46.2 Å². The molecule has 0 saturated carbocycles. The van der Waals surface area contributed by atoms with Crippen LogP contribution in [-0.4, -0.2) is 18.6 Å². The SMILES string of the molecule is CCCCCCC.CCCCCCC.CN[C](=[V])NC. The summed E-state index contributed by atoms with van der Waals surface area (Å²) in [5.74, 6) is 0. The summed E-state index contributed by atoms with van der Waals surface area (Å²) in [7, 11) is 3.73. The van der Waals surface area contributed by atoms with Crippen molar-refractivity contribution in [1.29, 1.82) is 0 Å². The molecular formula is C17H40N2V. The quantitative estimate of drug-likeness (QED) is 0.552. The normalized spacial score (nSPS) is 9.05. The second-order valence-corrected chi connectivity index (χ2v) is 5.67. The van der Waals surface area contributed by atoms with Crippen LogP contribution in [0.15, 0.2) is 0 Å². The van der Waals surface area contributed by atoms with E-state index in [9.17, 15) is 0 Å². The van der Waals surface area contributed by atoms with E-state index in [0.29, 0.717) is 0 Å². The van der Waals surface area contributed by atoms with Gasteiger partial charge in [0.2, 0.25) is 0 Å². The van der Waals surface area contributed by atoms with Gasteiger partial charge in [-0.2, -0.15) is 0 Å². The molecule has 0 spiro atoms. The minimum absolute atomic E-state index is 1.03. The summed E-state index contributed by atoms with van der Waals surface area (Å²) in [6.07, 6.45) is 14.0. The summed E-state index contributed by atoms with van der Waals surface area (Å²) in [4.78, 5) is 0. The van der Waals surface area contributed by atoms with Crippen molar-refractivity contribution in [2.45, 2.75) is 91.9 Å². The zero-order valence-electron chi connectivity index (χ0n) is 15.0. The summed E-state index contributed by atoms with van der Waals surface area (Å²) in [6.45, 7) is 8.98. The van der Waals surface area contributed by atoms with Crippen molar-refractivity contribution in [3.05, 3.63) is 0 Å². The summed E-state index contributed by atoms with van der Waals surface area (Å²) < 4.78 is 1.03. The zero-order chi connectivity index (χ0) is 16.1. The molecule has 0 heterocycles. The molecule has 2 nitrogen and oxygen atoms in total. The molecule has 3 heteroatoms. The first-order chi connectivity index (χ1) is 9.64. The monoisotopic (exact) mass is 323 g/mol. The average molecular weight is 323 g/mol. The predicted octanol–water partition coefficient (Wildman–Crippen LogP) is 5.01. The molecule has 0 aliphatic carbocycles. The molecule has 0 aliphatic rings. The molecule has 0 aromatic heterocycles. The molecule has 0 amide bonds. The zero-order valence-corrected chi connectivity index (χ0v) is 16.4. The molecule has 0 bridgehead atoms. The first-order valence-corrected chi connectivity index (χ1v) is 9.25. The van der Waals surface area contributed by atoms with Crippen molar-refractivity contribution in [2.24, 2.45) is 0 Å². The topological polar surface area (TPSA) is 24.1 Å². The van der Waals surface area contributed by atoms with E-state index in [-0.39, 0.29) is 0 Å². The van der Waals surface area contributed by atoms with Crippen LogP contribution in [0.25, 0.3) is 0 Å². The first-order valence-electron chi connectivity index (χ1n) is 8.55. The van der Waals surface area contributed by atoms with E-state index < -0.39 is 0 Å². The number of hydrogen-bond acceptors (Lipinski definition) is 2. The Morgan fingerprint density at radius 2 is 0.850 bits per heavy atom. The number of nitrogens with one attached hydrogen (secondary N) is 2. The molecule has 0 radical (unpaired) electrons. The third kappa shape index (κ3) is 36.2. The fraction of sp³-hybridized carbons (Fsp3) is 0.941. The fourth-order valence-electron chi connectivity index (χ4n) is 1.48. The molecule has 0 saturated heterocycles. The predicted molar refractivity (Wildman–Crippen MR) is 92.0 cm³/mol. The van der Waals surface area contributed by atoms with Crippen molar-refractivity contribution in [3.63, 3.8) is 0 Å². The van der Waals surface area contributed by atoms with Crippen LogP contribution in [0, 0.1) is 0 Å². The summed E-state index contributed by atoms with van der Waals surface area (Å²) in [6, 6.07) is 0. The summed E-state index contributed by atoms with van der Waals surface area (Å²) >= 11 is 2.37. The molecular weight excluding hydrogens is 283 g/mol. The maximum atomic E-state index is 2.89. The summed E-state index contributed by atoms with van der Waals surface area (Å²) in [5.41, 5.74) is 0. The van der Waals surface area contributed by atoms with E-state index in [1.165, 1.54) is 64.2 Å². The van der Waals surface area contributed by atoms with E-state index >= 15 is 0 Å². The maximum absolute atomic E-state index is 2.89. The van der Waals surface area contributed by atoms with Crippen molar-refractivity contribution >= 4 is 4.47 Å². The average Bonchev–Trinajstić information content (AvgIpc) is 2.49. The van der Waals surface area contributed by atoms with Crippen LogP contribution >= 0.6 is 0 Å². The molecule has 0 unspecified atom stereocenters. The van der Waals surface area contributed by atoms with Crippen LogP contribution in [-0.2, 0) is 17.0 Å². The van der Waals surface area contributed by atoms with E-state index in [4.69, 9.17) is 0 Å². The molecule has 0 aliphatic heterocycles. The summed E-state index contributed by atoms with van der Waals surface area (Å²) in [5, 5.41) is 5.78. The Balaban J connectivity index is -0.000000218. The molecule has 0 aromatic carbocycles. The molecule has 0 fully saturated rings. The van der Waals surface area contributed by atoms with Gasteiger partial charge in [-0.05, 0) is 0 Å². The van der Waals surface area contributed by atoms with Crippen LogP contribution in [0.3, 0.4) is 0 Å². The van der Waals surface area contributed by atoms with Gasteiger partial charge in [0.15, 0.2) is 0 Å². The Morgan fingerprint density at radius 1 is 0.600 bits per heavy atom. The van der Waals surface area contributed by atoms with Gasteiger partial charge in [0.05, 0.1) is 0 Å². The molecule has 0 aromatic rings. The molecule has 123 valence electrons. The van der Waals surface area contributed by atoms with Crippen molar-refractivity contribution < 1.29 is 17.0 Å². The standard InChI is InChI=1S/2C7H16.C3H8N2.V/c2*1-3-5-7-6-4-2;1-4-3-5-2;/h2*3-7H2,1-2H3;4-5H,1-2H3;. The van der Waals surface area contributed by atoms with Gasteiger partial charge in [-0.15, -0.1) is 0 Å². The van der Waals surface area contributed by atoms with Crippen LogP contribution in [0.1, 0.15) is 91.9 Å². The van der Waals surface area contributed by atoms with E-state index in [2.05, 4.69) is 55.3 Å². The van der Waals surface area contributed by atoms with Gasteiger partial charge in [0.1, 0.15) is 0 Å². The number of rotatable bonds is 10. The Morgan fingerprint density at radius 3 is 0.950 bits per heavy atom. The fourth-order valence-corrected chi connectivity index (χ4v) is 1.48. The third-order valence-corrected chi connectivity index (χ3v) is 3.59. The van der Waals surface area contributed by atoms with Gasteiger partial charge in [0, 0.05) is 0 Å². The van der Waals surface area contributed by atoms with E-state index in [1.807, 2.05) is 14.1 Å². The molecule has 0 atom stereocenters. The van der Waals surface area contributed by atoms with Crippen LogP contribution in [0.4, 0.5) is 0 Å². The van der Waals surface area contributed by atoms with Gasteiger partial charge in [-0.25, -0.2) is 0 Å². The third-order valence-electron chi connectivity index (χ3n) is 2.89. The van der Waals surface area contributed by atoms with Gasteiger partial charge in [0.25, 0.3) is 0 Å². The second-order valence-electron chi connectivity index (χ2n) is 4.97. The van der Waals surface area contributed by atoms with Gasteiger partial charge in [-0.3, -0.25) is 0 Å². The van der Waals surface area contributed by atoms with E-state index in [0.717, 1.165) is 4.47 Å².